The van der Waals surface area contributed by atoms with Crippen LogP contribution in [0.25, 0.3) is 5.57 Å². The number of nitrogens with zero attached hydrogens (tertiary/aromatic N) is 2. The summed E-state index contributed by atoms with van der Waals surface area (Å²) in [6, 6.07) is 12.7. The van der Waals surface area contributed by atoms with E-state index in [0.717, 1.165) is 5.56 Å². The molecular formula is C17H14Cl2N2O. The number of fused-ring (bicyclic) bond motifs is 1. The van der Waals surface area contributed by atoms with Gasteiger partial charge in [0.2, 0.25) is 0 Å². The lowest BCUT2D eigenvalue weighted by Gasteiger charge is -2.18. The molecular weight excluding hydrogens is 319 g/mol. The zero-order chi connectivity index (χ0) is 15.9. The highest BCUT2D eigenvalue weighted by molar-refractivity contribution is 6.41. The van der Waals surface area contributed by atoms with E-state index < -0.39 is 0 Å². The van der Waals surface area contributed by atoms with Crippen molar-refractivity contribution in [3.05, 3.63) is 64.3 Å². The van der Waals surface area contributed by atoms with Gasteiger partial charge in [-0.25, -0.2) is 0 Å². The summed E-state index contributed by atoms with van der Waals surface area (Å²) in [5.41, 5.74) is 2.84. The van der Waals surface area contributed by atoms with E-state index in [1.165, 1.54) is 0 Å². The fraction of sp³-hybridized carbons (Fsp3) is 0.118. The fourth-order valence-electron chi connectivity index (χ4n) is 2.54. The summed E-state index contributed by atoms with van der Waals surface area (Å²) in [6.45, 7) is 0. The van der Waals surface area contributed by atoms with Crippen LogP contribution in [0.3, 0.4) is 0 Å². The number of carbonyl (C=O) groups is 1. The second-order valence-corrected chi connectivity index (χ2v) is 6.11. The molecule has 1 amide bonds. The monoisotopic (exact) mass is 332 g/mol. The molecule has 2 aromatic rings. The van der Waals surface area contributed by atoms with E-state index in [0.29, 0.717) is 27.0 Å². The van der Waals surface area contributed by atoms with Crippen molar-refractivity contribution in [2.75, 3.05) is 19.0 Å². The first kappa shape index (κ1) is 14.9. The molecule has 0 saturated carbocycles. The zero-order valence-corrected chi connectivity index (χ0v) is 13.7. The van der Waals surface area contributed by atoms with Crippen LogP contribution in [-0.4, -0.2) is 24.9 Å². The van der Waals surface area contributed by atoms with Crippen LogP contribution in [0.1, 0.15) is 5.56 Å². The molecule has 0 bridgehead atoms. The largest absolute Gasteiger partial charge is 0.383 e. The Hall–Kier alpha value is -1.97. The van der Waals surface area contributed by atoms with Gasteiger partial charge in [0.15, 0.2) is 0 Å². The van der Waals surface area contributed by atoms with Crippen molar-refractivity contribution in [2.24, 2.45) is 0 Å². The molecule has 5 heteroatoms. The van der Waals surface area contributed by atoms with Crippen LogP contribution in [0.15, 0.2) is 48.7 Å². The third-order valence-corrected chi connectivity index (χ3v) is 3.93. The standard InChI is InChI=1S/C17H14Cl2N2O/c1-20(2)10-14-13-7-4-8-15(19)16(13)21(17(14)22)12-6-3-5-11(18)9-12/h3-10H,1-2H3/b14-10-. The van der Waals surface area contributed by atoms with Gasteiger partial charge in [-0.1, -0.05) is 41.4 Å². The molecule has 1 heterocycles. The molecule has 0 radical (unpaired) electrons. The quantitative estimate of drug-likeness (QED) is 0.752. The maximum atomic E-state index is 12.9. The lowest BCUT2D eigenvalue weighted by Crippen LogP contribution is -2.21. The second-order valence-electron chi connectivity index (χ2n) is 5.26. The van der Waals surface area contributed by atoms with Crippen molar-refractivity contribution in [3.63, 3.8) is 0 Å². The van der Waals surface area contributed by atoms with Gasteiger partial charge in [-0.05, 0) is 24.3 Å². The molecule has 1 aliphatic heterocycles. The Morgan fingerprint density at radius 1 is 1.09 bits per heavy atom. The van der Waals surface area contributed by atoms with Crippen LogP contribution < -0.4 is 4.90 Å². The molecule has 0 atom stereocenters. The maximum Gasteiger partial charge on any atom is 0.265 e. The molecule has 22 heavy (non-hydrogen) atoms. The van der Waals surface area contributed by atoms with Crippen molar-refractivity contribution >= 4 is 46.1 Å². The van der Waals surface area contributed by atoms with E-state index in [9.17, 15) is 4.79 Å². The lowest BCUT2D eigenvalue weighted by atomic mass is 10.1. The molecule has 0 aliphatic carbocycles. The second kappa shape index (κ2) is 5.67. The molecule has 1 aliphatic rings. The molecule has 0 saturated heterocycles. The van der Waals surface area contributed by atoms with E-state index in [1.54, 1.807) is 23.1 Å². The van der Waals surface area contributed by atoms with Crippen LogP contribution >= 0.6 is 23.2 Å². The minimum absolute atomic E-state index is 0.112. The molecule has 0 N–H and O–H groups in total. The van der Waals surface area contributed by atoms with E-state index >= 15 is 0 Å². The average molecular weight is 333 g/mol. The summed E-state index contributed by atoms with van der Waals surface area (Å²) < 4.78 is 0. The highest BCUT2D eigenvalue weighted by atomic mass is 35.5. The highest BCUT2D eigenvalue weighted by Crippen LogP contribution is 2.45. The van der Waals surface area contributed by atoms with Crippen LogP contribution in [-0.2, 0) is 4.79 Å². The third-order valence-electron chi connectivity index (χ3n) is 3.39. The Balaban J connectivity index is 2.24. The average Bonchev–Trinajstić information content (AvgIpc) is 2.73. The number of halogens is 2. The maximum absolute atomic E-state index is 12.9. The van der Waals surface area contributed by atoms with Gasteiger partial charge in [0.25, 0.3) is 5.91 Å². The van der Waals surface area contributed by atoms with Crippen LogP contribution in [0, 0.1) is 0 Å². The van der Waals surface area contributed by atoms with Gasteiger partial charge < -0.3 is 4.90 Å². The minimum atomic E-state index is -0.112. The van der Waals surface area contributed by atoms with Crippen molar-refractivity contribution < 1.29 is 4.79 Å². The molecule has 0 spiro atoms. The Morgan fingerprint density at radius 2 is 1.82 bits per heavy atom. The summed E-state index contributed by atoms with van der Waals surface area (Å²) in [6.07, 6.45) is 1.81. The first-order valence-electron chi connectivity index (χ1n) is 6.76. The van der Waals surface area contributed by atoms with Crippen LogP contribution in [0.5, 0.6) is 0 Å². The topological polar surface area (TPSA) is 23.6 Å². The van der Waals surface area contributed by atoms with Gasteiger partial charge in [0.05, 0.1) is 22.0 Å². The summed E-state index contributed by atoms with van der Waals surface area (Å²) in [7, 11) is 3.76. The number of hydrogen-bond donors (Lipinski definition) is 0. The van der Waals surface area contributed by atoms with Gasteiger partial charge in [-0.3, -0.25) is 9.69 Å². The molecule has 3 nitrogen and oxygen atoms in total. The first-order valence-corrected chi connectivity index (χ1v) is 7.52. The predicted octanol–water partition coefficient (Wildman–Crippen LogP) is 4.57. The van der Waals surface area contributed by atoms with Gasteiger partial charge in [0, 0.05) is 30.9 Å². The lowest BCUT2D eigenvalue weighted by molar-refractivity contribution is -0.112. The van der Waals surface area contributed by atoms with Gasteiger partial charge >= 0.3 is 0 Å². The van der Waals surface area contributed by atoms with Crippen LogP contribution in [0.2, 0.25) is 10.0 Å². The number of rotatable bonds is 2. The Kier molecular flexibility index (Phi) is 3.85. The number of hydrogen-bond acceptors (Lipinski definition) is 2. The van der Waals surface area contributed by atoms with Crippen molar-refractivity contribution in [1.82, 2.24) is 4.90 Å². The minimum Gasteiger partial charge on any atom is -0.383 e. The summed E-state index contributed by atoms with van der Waals surface area (Å²) in [5, 5.41) is 1.11. The van der Waals surface area contributed by atoms with E-state index in [1.807, 2.05) is 49.5 Å². The number of para-hydroxylation sites is 1. The summed E-state index contributed by atoms with van der Waals surface area (Å²) in [4.78, 5) is 16.3. The molecule has 112 valence electrons. The molecule has 2 aromatic carbocycles. The SMILES string of the molecule is CN(C)/C=C1\C(=O)N(c2cccc(Cl)c2)c2c(Cl)cccc21. The molecule has 0 aromatic heterocycles. The Labute approximate surface area is 139 Å². The number of amides is 1. The van der Waals surface area contributed by atoms with E-state index in [2.05, 4.69) is 0 Å². The number of benzene rings is 2. The Bertz CT molecular complexity index is 784. The summed E-state index contributed by atoms with van der Waals surface area (Å²) in [5.74, 6) is -0.112. The van der Waals surface area contributed by atoms with Crippen molar-refractivity contribution in [2.45, 2.75) is 0 Å². The van der Waals surface area contributed by atoms with Gasteiger partial charge in [0.1, 0.15) is 0 Å². The smallest absolute Gasteiger partial charge is 0.265 e. The van der Waals surface area contributed by atoms with E-state index in [4.69, 9.17) is 23.2 Å². The highest BCUT2D eigenvalue weighted by Gasteiger charge is 2.35. The first-order chi connectivity index (χ1) is 10.5. The van der Waals surface area contributed by atoms with Gasteiger partial charge in [-0.2, -0.15) is 0 Å². The zero-order valence-electron chi connectivity index (χ0n) is 12.2. The Morgan fingerprint density at radius 3 is 2.50 bits per heavy atom. The molecule has 0 fully saturated rings. The van der Waals surface area contributed by atoms with Crippen molar-refractivity contribution in [3.8, 4) is 0 Å². The van der Waals surface area contributed by atoms with E-state index in [-0.39, 0.29) is 5.91 Å². The van der Waals surface area contributed by atoms with Crippen LogP contribution in [0.4, 0.5) is 11.4 Å². The molecule has 3 rings (SSSR count). The number of anilines is 2. The van der Waals surface area contributed by atoms with Crippen molar-refractivity contribution in [1.29, 1.82) is 0 Å². The summed E-state index contributed by atoms with van der Waals surface area (Å²) >= 11 is 12.4. The normalized spacial score (nSPS) is 15.4. The molecule has 0 unspecified atom stereocenters. The predicted molar refractivity (Wildman–Crippen MR) is 91.7 cm³/mol. The fourth-order valence-corrected chi connectivity index (χ4v) is 2.99. The third kappa shape index (κ3) is 2.47. The van der Waals surface area contributed by atoms with Gasteiger partial charge in [-0.15, -0.1) is 0 Å². The number of carbonyl (C=O) groups excluding carboxylic acids is 1.